The highest BCUT2D eigenvalue weighted by Crippen LogP contribution is 2.35. The van der Waals surface area contributed by atoms with Gasteiger partial charge in [0, 0.05) is 4.90 Å². The van der Waals surface area contributed by atoms with Crippen LogP contribution in [0.4, 0.5) is 0 Å². The summed E-state index contributed by atoms with van der Waals surface area (Å²) < 4.78 is 2.12. The van der Waals surface area contributed by atoms with E-state index < -0.39 is 0 Å². The van der Waals surface area contributed by atoms with Crippen LogP contribution in [-0.4, -0.2) is 15.0 Å². The van der Waals surface area contributed by atoms with Gasteiger partial charge in [-0.15, -0.1) is 24.0 Å². The molecule has 0 unspecified atom stereocenters. The van der Waals surface area contributed by atoms with E-state index in [-0.39, 0.29) is 0 Å². The van der Waals surface area contributed by atoms with E-state index in [0.717, 1.165) is 35.6 Å². The smallest absolute Gasteiger partial charge is 0.173 e. The van der Waals surface area contributed by atoms with E-state index in [1.54, 1.807) is 23.1 Å². The lowest BCUT2D eigenvalue weighted by Crippen LogP contribution is -1.75. The van der Waals surface area contributed by atoms with Gasteiger partial charge in [-0.1, -0.05) is 18.2 Å². The molecule has 0 spiro atoms. The summed E-state index contributed by atoms with van der Waals surface area (Å²) in [6, 6.07) is 14.0. The SMILES string of the molecule is Sc1cccc2sc(Sc3nc4ccccc4[nH]3)nc12. The van der Waals surface area contributed by atoms with Crippen molar-refractivity contribution in [2.75, 3.05) is 0 Å². The van der Waals surface area contributed by atoms with Crippen molar-refractivity contribution in [3.05, 3.63) is 42.5 Å². The standard InChI is InChI=1S/C14H9N3S3/c18-10-6-3-7-11-12(10)17-14(19-11)20-13-15-8-4-1-2-5-9(8)16-13/h1-7,18H,(H,15,16). The van der Waals surface area contributed by atoms with Crippen molar-refractivity contribution in [3.8, 4) is 0 Å². The summed E-state index contributed by atoms with van der Waals surface area (Å²) in [5, 5.41) is 0.867. The zero-order valence-corrected chi connectivity index (χ0v) is 12.7. The van der Waals surface area contributed by atoms with Crippen molar-refractivity contribution in [3.63, 3.8) is 0 Å². The number of para-hydroxylation sites is 3. The van der Waals surface area contributed by atoms with E-state index in [9.17, 15) is 0 Å². The molecule has 2 aromatic carbocycles. The maximum Gasteiger partial charge on any atom is 0.173 e. The Labute approximate surface area is 128 Å². The van der Waals surface area contributed by atoms with Gasteiger partial charge in [0.2, 0.25) is 0 Å². The summed E-state index contributed by atoms with van der Waals surface area (Å²) in [5.41, 5.74) is 2.98. The number of thiol groups is 1. The van der Waals surface area contributed by atoms with E-state index >= 15 is 0 Å². The van der Waals surface area contributed by atoms with Gasteiger partial charge in [-0.05, 0) is 36.0 Å². The average Bonchev–Trinajstić information content (AvgIpc) is 3.02. The van der Waals surface area contributed by atoms with Crippen LogP contribution >= 0.6 is 35.7 Å². The van der Waals surface area contributed by atoms with Crippen LogP contribution in [0.5, 0.6) is 0 Å². The molecule has 0 saturated carbocycles. The molecule has 0 bridgehead atoms. The van der Waals surface area contributed by atoms with Crippen LogP contribution in [-0.2, 0) is 0 Å². The molecule has 6 heteroatoms. The van der Waals surface area contributed by atoms with Gasteiger partial charge >= 0.3 is 0 Å². The molecule has 98 valence electrons. The minimum absolute atomic E-state index is 0.867. The molecule has 0 aliphatic carbocycles. The van der Waals surface area contributed by atoms with Crippen molar-refractivity contribution < 1.29 is 0 Å². The molecule has 20 heavy (non-hydrogen) atoms. The molecule has 0 radical (unpaired) electrons. The molecule has 1 N–H and O–H groups in total. The number of fused-ring (bicyclic) bond motifs is 2. The second-order valence-corrected chi connectivity index (χ2v) is 7.01. The Bertz CT molecular complexity index is 877. The molecule has 3 nitrogen and oxygen atoms in total. The molecule has 0 aliphatic heterocycles. The third kappa shape index (κ3) is 2.09. The fourth-order valence-corrected chi connectivity index (χ4v) is 4.35. The van der Waals surface area contributed by atoms with Crippen molar-refractivity contribution in [1.82, 2.24) is 15.0 Å². The van der Waals surface area contributed by atoms with Gasteiger partial charge in [-0.3, -0.25) is 0 Å². The first-order valence-electron chi connectivity index (χ1n) is 6.01. The van der Waals surface area contributed by atoms with E-state index in [0.29, 0.717) is 0 Å². The minimum Gasteiger partial charge on any atom is -0.333 e. The van der Waals surface area contributed by atoms with E-state index in [2.05, 4.69) is 33.6 Å². The van der Waals surface area contributed by atoms with Crippen molar-refractivity contribution in [2.45, 2.75) is 14.4 Å². The summed E-state index contributed by atoms with van der Waals surface area (Å²) in [6.07, 6.45) is 0. The topological polar surface area (TPSA) is 41.6 Å². The Morgan fingerprint density at radius 1 is 1.05 bits per heavy atom. The van der Waals surface area contributed by atoms with Crippen molar-refractivity contribution in [1.29, 1.82) is 0 Å². The first-order chi connectivity index (χ1) is 9.79. The zero-order valence-electron chi connectivity index (χ0n) is 10.2. The molecule has 0 aliphatic rings. The third-order valence-electron chi connectivity index (χ3n) is 2.93. The third-order valence-corrected chi connectivity index (χ3v) is 5.26. The lowest BCUT2D eigenvalue weighted by Gasteiger charge is -1.90. The van der Waals surface area contributed by atoms with Crippen LogP contribution < -0.4 is 0 Å². The van der Waals surface area contributed by atoms with Crippen LogP contribution in [0.2, 0.25) is 0 Å². The average molecular weight is 315 g/mol. The van der Waals surface area contributed by atoms with E-state index in [1.807, 2.05) is 36.4 Å². The van der Waals surface area contributed by atoms with Gasteiger partial charge in [0.25, 0.3) is 0 Å². The Kier molecular flexibility index (Phi) is 2.94. The normalized spacial score (nSPS) is 11.4. The number of H-pyrrole nitrogens is 1. The zero-order chi connectivity index (χ0) is 13.5. The molecule has 4 rings (SSSR count). The Morgan fingerprint density at radius 2 is 1.95 bits per heavy atom. The molecule has 0 amide bonds. The predicted molar refractivity (Wildman–Crippen MR) is 87.1 cm³/mol. The van der Waals surface area contributed by atoms with Crippen LogP contribution in [0, 0.1) is 0 Å². The number of nitrogens with one attached hydrogen (secondary N) is 1. The van der Waals surface area contributed by atoms with Crippen LogP contribution in [0.3, 0.4) is 0 Å². The number of aromatic nitrogens is 3. The van der Waals surface area contributed by atoms with Crippen molar-refractivity contribution in [2.24, 2.45) is 0 Å². The first-order valence-corrected chi connectivity index (χ1v) is 8.09. The minimum atomic E-state index is 0.867. The fraction of sp³-hybridized carbons (Fsp3) is 0. The largest absolute Gasteiger partial charge is 0.333 e. The molecule has 2 heterocycles. The first kappa shape index (κ1) is 12.3. The number of benzene rings is 2. The lowest BCUT2D eigenvalue weighted by atomic mass is 10.3. The number of imidazole rings is 1. The molecular formula is C14H9N3S3. The maximum atomic E-state index is 4.62. The second kappa shape index (κ2) is 4.80. The number of rotatable bonds is 2. The highest BCUT2D eigenvalue weighted by Gasteiger charge is 2.10. The van der Waals surface area contributed by atoms with Gasteiger partial charge in [0.05, 0.1) is 21.3 Å². The van der Waals surface area contributed by atoms with E-state index in [4.69, 9.17) is 0 Å². The Hall–Kier alpha value is -1.50. The van der Waals surface area contributed by atoms with Gasteiger partial charge in [0.1, 0.15) is 0 Å². The molecule has 0 saturated heterocycles. The monoisotopic (exact) mass is 315 g/mol. The van der Waals surface area contributed by atoms with Crippen LogP contribution in [0.15, 0.2) is 56.9 Å². The number of hydrogen-bond donors (Lipinski definition) is 2. The summed E-state index contributed by atoms with van der Waals surface area (Å²) in [4.78, 5) is 13.4. The maximum absolute atomic E-state index is 4.62. The molecule has 0 atom stereocenters. The summed E-state index contributed by atoms with van der Waals surface area (Å²) >= 11 is 7.66. The van der Waals surface area contributed by atoms with Crippen molar-refractivity contribution >= 4 is 57.0 Å². The quantitative estimate of drug-likeness (QED) is 0.531. The highest BCUT2D eigenvalue weighted by atomic mass is 32.2. The number of nitrogens with zero attached hydrogens (tertiary/aromatic N) is 2. The predicted octanol–water partition coefficient (Wildman–Crippen LogP) is 4.61. The summed E-state index contributed by atoms with van der Waals surface area (Å²) in [7, 11) is 0. The van der Waals surface area contributed by atoms with Gasteiger partial charge in [0.15, 0.2) is 9.50 Å². The summed E-state index contributed by atoms with van der Waals surface area (Å²) in [6.45, 7) is 0. The highest BCUT2D eigenvalue weighted by molar-refractivity contribution is 8.01. The van der Waals surface area contributed by atoms with Gasteiger partial charge in [-0.25, -0.2) is 9.97 Å². The molecule has 4 aromatic rings. The molecule has 0 fully saturated rings. The number of hydrogen-bond acceptors (Lipinski definition) is 5. The molecule has 2 aromatic heterocycles. The Morgan fingerprint density at radius 3 is 2.80 bits per heavy atom. The fourth-order valence-electron chi connectivity index (χ4n) is 2.02. The summed E-state index contributed by atoms with van der Waals surface area (Å²) in [5.74, 6) is 0. The van der Waals surface area contributed by atoms with Crippen LogP contribution in [0.25, 0.3) is 21.3 Å². The molecular weight excluding hydrogens is 306 g/mol. The van der Waals surface area contributed by atoms with E-state index in [1.165, 1.54) is 0 Å². The lowest BCUT2D eigenvalue weighted by molar-refractivity contribution is 1.08. The van der Waals surface area contributed by atoms with Gasteiger partial charge < -0.3 is 4.98 Å². The second-order valence-electron chi connectivity index (χ2n) is 4.26. The Balaban J connectivity index is 1.74. The van der Waals surface area contributed by atoms with Gasteiger partial charge in [-0.2, -0.15) is 0 Å². The van der Waals surface area contributed by atoms with Crippen LogP contribution in [0.1, 0.15) is 0 Å². The number of aromatic amines is 1. The number of thiazole rings is 1.